The second kappa shape index (κ2) is 3.72. The Kier molecular flexibility index (Phi) is 2.42. The molecular weight excluding hydrogens is 168 g/mol. The highest BCUT2D eigenvalue weighted by Gasteiger charge is 2.04. The van der Waals surface area contributed by atoms with Crippen LogP contribution in [-0.2, 0) is 6.42 Å². The number of hydrogen-bond acceptors (Lipinski definition) is 3. The number of hydrogen-bond donors (Lipinski definition) is 1. The molecule has 0 aromatic carbocycles. The SMILES string of the molecule is c1cc(CC2=NCCCN2)cs1. The van der Waals surface area contributed by atoms with Crippen LogP contribution in [0.15, 0.2) is 21.8 Å². The van der Waals surface area contributed by atoms with Gasteiger partial charge in [-0.15, -0.1) is 0 Å². The van der Waals surface area contributed by atoms with E-state index in [1.807, 2.05) is 0 Å². The van der Waals surface area contributed by atoms with Crippen molar-refractivity contribution in [2.45, 2.75) is 12.8 Å². The van der Waals surface area contributed by atoms with E-state index in [0.717, 1.165) is 25.3 Å². The lowest BCUT2D eigenvalue weighted by molar-refractivity contribution is 0.731. The van der Waals surface area contributed by atoms with Crippen molar-refractivity contribution < 1.29 is 0 Å². The molecule has 0 aliphatic carbocycles. The van der Waals surface area contributed by atoms with Gasteiger partial charge in [-0.3, -0.25) is 4.99 Å². The van der Waals surface area contributed by atoms with Gasteiger partial charge in [-0.1, -0.05) is 0 Å². The van der Waals surface area contributed by atoms with Crippen LogP contribution < -0.4 is 5.32 Å². The maximum atomic E-state index is 4.41. The van der Waals surface area contributed by atoms with Crippen molar-refractivity contribution in [1.29, 1.82) is 0 Å². The van der Waals surface area contributed by atoms with Gasteiger partial charge in [-0.05, 0) is 28.8 Å². The summed E-state index contributed by atoms with van der Waals surface area (Å²) in [6.07, 6.45) is 2.15. The van der Waals surface area contributed by atoms with Gasteiger partial charge in [-0.2, -0.15) is 11.3 Å². The fraction of sp³-hybridized carbons (Fsp3) is 0.444. The lowest BCUT2D eigenvalue weighted by Gasteiger charge is -2.13. The molecule has 0 fully saturated rings. The summed E-state index contributed by atoms with van der Waals surface area (Å²) in [5.41, 5.74) is 1.37. The number of amidine groups is 1. The number of aliphatic imine (C=N–C) groups is 1. The molecule has 0 amide bonds. The summed E-state index contributed by atoms with van der Waals surface area (Å²) in [5, 5.41) is 7.60. The van der Waals surface area contributed by atoms with Gasteiger partial charge in [0.15, 0.2) is 0 Å². The van der Waals surface area contributed by atoms with Crippen LogP contribution in [0.4, 0.5) is 0 Å². The highest BCUT2D eigenvalue weighted by molar-refractivity contribution is 7.07. The predicted octanol–water partition coefficient (Wildman–Crippen LogP) is 1.68. The van der Waals surface area contributed by atoms with Gasteiger partial charge in [0.1, 0.15) is 5.84 Å². The molecular formula is C9H12N2S. The number of nitrogens with zero attached hydrogens (tertiary/aromatic N) is 1. The zero-order valence-electron chi connectivity index (χ0n) is 6.92. The lowest BCUT2D eigenvalue weighted by Crippen LogP contribution is -2.30. The monoisotopic (exact) mass is 180 g/mol. The van der Waals surface area contributed by atoms with Crippen LogP contribution in [0.1, 0.15) is 12.0 Å². The molecule has 0 radical (unpaired) electrons. The summed E-state index contributed by atoms with van der Waals surface area (Å²) in [4.78, 5) is 4.41. The minimum absolute atomic E-state index is 0.976. The molecule has 2 heterocycles. The Morgan fingerprint density at radius 1 is 1.58 bits per heavy atom. The molecule has 2 rings (SSSR count). The molecule has 64 valence electrons. The number of nitrogens with one attached hydrogen (secondary N) is 1. The molecule has 0 unspecified atom stereocenters. The zero-order valence-corrected chi connectivity index (χ0v) is 7.73. The molecule has 0 atom stereocenters. The van der Waals surface area contributed by atoms with E-state index in [1.54, 1.807) is 11.3 Å². The highest BCUT2D eigenvalue weighted by atomic mass is 32.1. The van der Waals surface area contributed by atoms with Crippen LogP contribution in [0.2, 0.25) is 0 Å². The Balaban J connectivity index is 1.98. The Morgan fingerprint density at radius 2 is 2.58 bits per heavy atom. The standard InChI is InChI=1S/C9H12N2S/c1-3-10-9(11-4-1)6-8-2-5-12-7-8/h2,5,7H,1,3-4,6H2,(H,10,11). The minimum Gasteiger partial charge on any atom is -0.373 e. The van der Waals surface area contributed by atoms with Gasteiger partial charge < -0.3 is 5.32 Å². The lowest BCUT2D eigenvalue weighted by atomic mass is 10.2. The quantitative estimate of drug-likeness (QED) is 0.735. The van der Waals surface area contributed by atoms with Gasteiger partial charge in [0.2, 0.25) is 0 Å². The van der Waals surface area contributed by atoms with Crippen molar-refractivity contribution in [2.24, 2.45) is 4.99 Å². The molecule has 1 N–H and O–H groups in total. The first kappa shape index (κ1) is 7.80. The van der Waals surface area contributed by atoms with Crippen LogP contribution in [0.25, 0.3) is 0 Å². The molecule has 3 heteroatoms. The van der Waals surface area contributed by atoms with Crippen molar-refractivity contribution in [3.05, 3.63) is 22.4 Å². The molecule has 1 aliphatic rings. The summed E-state index contributed by atoms with van der Waals surface area (Å²) in [6, 6.07) is 2.16. The Labute approximate surface area is 76.3 Å². The van der Waals surface area contributed by atoms with E-state index in [0.29, 0.717) is 0 Å². The van der Waals surface area contributed by atoms with Crippen LogP contribution in [0, 0.1) is 0 Å². The second-order valence-corrected chi connectivity index (χ2v) is 3.70. The number of thiophene rings is 1. The third-order valence-electron chi connectivity index (χ3n) is 1.92. The third kappa shape index (κ3) is 1.85. The second-order valence-electron chi connectivity index (χ2n) is 2.92. The zero-order chi connectivity index (χ0) is 8.23. The van der Waals surface area contributed by atoms with E-state index in [-0.39, 0.29) is 0 Å². The van der Waals surface area contributed by atoms with Gasteiger partial charge in [0.25, 0.3) is 0 Å². The molecule has 0 saturated carbocycles. The van der Waals surface area contributed by atoms with Crippen LogP contribution in [-0.4, -0.2) is 18.9 Å². The summed E-state index contributed by atoms with van der Waals surface area (Å²) < 4.78 is 0. The highest BCUT2D eigenvalue weighted by Crippen LogP contribution is 2.07. The number of rotatable bonds is 2. The van der Waals surface area contributed by atoms with Gasteiger partial charge in [-0.25, -0.2) is 0 Å². The smallest absolute Gasteiger partial charge is 0.101 e. The van der Waals surface area contributed by atoms with Crippen molar-refractivity contribution in [3.8, 4) is 0 Å². The van der Waals surface area contributed by atoms with E-state index < -0.39 is 0 Å². The first-order chi connectivity index (χ1) is 5.95. The summed E-state index contributed by atoms with van der Waals surface area (Å²) in [7, 11) is 0. The summed E-state index contributed by atoms with van der Waals surface area (Å²) >= 11 is 1.75. The van der Waals surface area contributed by atoms with E-state index in [2.05, 4.69) is 27.1 Å². The fourth-order valence-corrected chi connectivity index (χ4v) is 1.96. The van der Waals surface area contributed by atoms with Crippen molar-refractivity contribution in [3.63, 3.8) is 0 Å². The van der Waals surface area contributed by atoms with Gasteiger partial charge >= 0.3 is 0 Å². The van der Waals surface area contributed by atoms with Crippen LogP contribution in [0.3, 0.4) is 0 Å². The normalized spacial score (nSPS) is 16.8. The molecule has 1 aromatic rings. The molecule has 0 bridgehead atoms. The van der Waals surface area contributed by atoms with Crippen molar-refractivity contribution in [2.75, 3.05) is 13.1 Å². The van der Waals surface area contributed by atoms with Crippen molar-refractivity contribution in [1.82, 2.24) is 5.32 Å². The Morgan fingerprint density at radius 3 is 3.25 bits per heavy atom. The van der Waals surface area contributed by atoms with E-state index in [9.17, 15) is 0 Å². The van der Waals surface area contributed by atoms with Gasteiger partial charge in [0.05, 0.1) is 0 Å². The van der Waals surface area contributed by atoms with Crippen LogP contribution >= 0.6 is 11.3 Å². The Hall–Kier alpha value is -0.830. The summed E-state index contributed by atoms with van der Waals surface area (Å²) in [6.45, 7) is 2.08. The average molecular weight is 180 g/mol. The first-order valence-corrected chi connectivity index (χ1v) is 5.18. The van der Waals surface area contributed by atoms with Gasteiger partial charge in [0, 0.05) is 19.5 Å². The van der Waals surface area contributed by atoms with E-state index >= 15 is 0 Å². The van der Waals surface area contributed by atoms with E-state index in [4.69, 9.17) is 0 Å². The minimum atomic E-state index is 0.976. The van der Waals surface area contributed by atoms with E-state index in [1.165, 1.54) is 12.0 Å². The molecule has 1 aromatic heterocycles. The molecule has 2 nitrogen and oxygen atoms in total. The molecule has 0 spiro atoms. The topological polar surface area (TPSA) is 24.4 Å². The maximum absolute atomic E-state index is 4.41. The third-order valence-corrected chi connectivity index (χ3v) is 2.65. The Bertz CT molecular complexity index is 264. The average Bonchev–Trinajstić information content (AvgIpc) is 2.59. The fourth-order valence-electron chi connectivity index (χ4n) is 1.29. The van der Waals surface area contributed by atoms with Crippen molar-refractivity contribution >= 4 is 17.2 Å². The molecule has 12 heavy (non-hydrogen) atoms. The summed E-state index contributed by atoms with van der Waals surface area (Å²) in [5.74, 6) is 1.15. The molecule has 0 saturated heterocycles. The van der Waals surface area contributed by atoms with Crippen LogP contribution in [0.5, 0.6) is 0 Å². The maximum Gasteiger partial charge on any atom is 0.101 e. The predicted molar refractivity (Wildman–Crippen MR) is 52.9 cm³/mol. The molecule has 1 aliphatic heterocycles. The first-order valence-electron chi connectivity index (χ1n) is 4.23. The largest absolute Gasteiger partial charge is 0.373 e.